The van der Waals surface area contributed by atoms with E-state index < -0.39 is 0 Å². The Morgan fingerprint density at radius 2 is 1.97 bits per heavy atom. The smallest absolute Gasteiger partial charge is 0.243 e. The normalized spacial score (nSPS) is 15.2. The number of carbonyl (C=O) groups is 2. The third-order valence-electron chi connectivity index (χ3n) is 4.76. The van der Waals surface area contributed by atoms with Crippen LogP contribution in [0.4, 0.5) is 0 Å². The summed E-state index contributed by atoms with van der Waals surface area (Å²) in [5, 5.41) is 8.34. The van der Waals surface area contributed by atoms with Gasteiger partial charge in [0.1, 0.15) is 6.54 Å². The Hall–Kier alpha value is -2.17. The molecule has 30 heavy (non-hydrogen) atoms. The van der Waals surface area contributed by atoms with Gasteiger partial charge in [-0.15, -0.1) is 11.3 Å². The van der Waals surface area contributed by atoms with Crippen molar-refractivity contribution in [1.29, 1.82) is 0 Å². The number of amides is 2. The number of piperazine rings is 1. The van der Waals surface area contributed by atoms with Crippen molar-refractivity contribution in [1.82, 2.24) is 25.3 Å². The number of aliphatic imine (C=N–C) groups is 1. The monoisotopic (exact) mass is 438 g/mol. The molecular formula is C20H34N6O3S. The molecule has 0 radical (unpaired) electrons. The third-order valence-corrected chi connectivity index (χ3v) is 5.70. The largest absolute Gasteiger partial charge is 0.383 e. The van der Waals surface area contributed by atoms with E-state index in [4.69, 9.17) is 4.74 Å². The van der Waals surface area contributed by atoms with E-state index in [1.54, 1.807) is 37.4 Å². The van der Waals surface area contributed by atoms with Crippen molar-refractivity contribution in [3.05, 3.63) is 22.4 Å². The molecule has 10 heteroatoms. The number of guanidine groups is 1. The second-order valence-corrected chi connectivity index (χ2v) is 8.32. The van der Waals surface area contributed by atoms with E-state index in [2.05, 4.69) is 42.9 Å². The topological polar surface area (TPSA) is 89.5 Å². The first-order chi connectivity index (χ1) is 14.5. The first-order valence-electron chi connectivity index (χ1n) is 10.2. The van der Waals surface area contributed by atoms with Gasteiger partial charge in [-0.1, -0.05) is 6.07 Å². The van der Waals surface area contributed by atoms with E-state index in [1.807, 2.05) is 0 Å². The van der Waals surface area contributed by atoms with Gasteiger partial charge in [0.15, 0.2) is 5.96 Å². The van der Waals surface area contributed by atoms with Crippen LogP contribution in [-0.4, -0.2) is 113 Å². The molecule has 1 aromatic heterocycles. The fourth-order valence-corrected chi connectivity index (χ4v) is 3.68. The number of thiophene rings is 1. The SMILES string of the molecule is COCCNC(=O)CN1CCN(C(=NCC(=O)N(C)C)NCCc2cccs2)CC1. The van der Waals surface area contributed by atoms with E-state index in [9.17, 15) is 9.59 Å². The molecule has 0 aliphatic carbocycles. The summed E-state index contributed by atoms with van der Waals surface area (Å²) < 4.78 is 4.95. The van der Waals surface area contributed by atoms with Gasteiger partial charge >= 0.3 is 0 Å². The van der Waals surface area contributed by atoms with Crippen LogP contribution < -0.4 is 10.6 Å². The summed E-state index contributed by atoms with van der Waals surface area (Å²) in [6.07, 6.45) is 0.917. The van der Waals surface area contributed by atoms with Crippen LogP contribution in [0, 0.1) is 0 Å². The molecule has 9 nitrogen and oxygen atoms in total. The number of ether oxygens (including phenoxy) is 1. The third kappa shape index (κ3) is 8.68. The van der Waals surface area contributed by atoms with Crippen LogP contribution in [0.15, 0.2) is 22.5 Å². The van der Waals surface area contributed by atoms with Gasteiger partial charge in [-0.25, -0.2) is 4.99 Å². The first-order valence-corrected chi connectivity index (χ1v) is 11.1. The lowest BCUT2D eigenvalue weighted by atomic mass is 10.3. The lowest BCUT2D eigenvalue weighted by Gasteiger charge is -2.36. The van der Waals surface area contributed by atoms with Gasteiger partial charge in [0.25, 0.3) is 0 Å². The molecule has 2 amide bonds. The highest BCUT2D eigenvalue weighted by Crippen LogP contribution is 2.08. The standard InChI is InChI=1S/C20H34N6O3S/c1-24(2)19(28)15-23-20(22-7-6-17-5-4-14-30-17)26-11-9-25(10-12-26)16-18(27)21-8-13-29-3/h4-5,14H,6-13,15-16H2,1-3H3,(H,21,27)(H,22,23). The van der Waals surface area contributed by atoms with Crippen LogP contribution in [0.3, 0.4) is 0 Å². The van der Waals surface area contributed by atoms with Gasteiger partial charge in [-0.05, 0) is 17.9 Å². The number of rotatable bonds is 10. The molecule has 0 unspecified atom stereocenters. The Bertz CT molecular complexity index is 672. The van der Waals surface area contributed by atoms with Crippen LogP contribution in [0.1, 0.15) is 4.88 Å². The maximum atomic E-state index is 12.0. The number of methoxy groups -OCH3 is 1. The molecular weight excluding hydrogens is 404 g/mol. The summed E-state index contributed by atoms with van der Waals surface area (Å²) >= 11 is 1.74. The van der Waals surface area contributed by atoms with E-state index in [0.717, 1.165) is 45.1 Å². The number of nitrogens with zero attached hydrogens (tertiary/aromatic N) is 4. The lowest BCUT2D eigenvalue weighted by molar-refractivity contribution is -0.127. The van der Waals surface area contributed by atoms with Crippen molar-refractivity contribution >= 4 is 29.1 Å². The Morgan fingerprint density at radius 3 is 2.60 bits per heavy atom. The number of likely N-dealkylation sites (N-methyl/N-ethyl adjacent to an activating group) is 1. The van der Waals surface area contributed by atoms with Gasteiger partial charge in [0.05, 0.1) is 13.2 Å². The van der Waals surface area contributed by atoms with Gasteiger partial charge in [-0.3, -0.25) is 14.5 Å². The zero-order valence-corrected chi connectivity index (χ0v) is 19.0. The van der Waals surface area contributed by atoms with Crippen LogP contribution in [-0.2, 0) is 20.7 Å². The highest BCUT2D eigenvalue weighted by Gasteiger charge is 2.21. The molecule has 2 rings (SSSR count). The summed E-state index contributed by atoms with van der Waals surface area (Å²) in [5.41, 5.74) is 0. The van der Waals surface area contributed by atoms with Gasteiger partial charge < -0.3 is 25.2 Å². The minimum absolute atomic E-state index is 0.0139. The van der Waals surface area contributed by atoms with E-state index in [1.165, 1.54) is 4.88 Å². The molecule has 0 bridgehead atoms. The zero-order valence-electron chi connectivity index (χ0n) is 18.2. The van der Waals surface area contributed by atoms with Gasteiger partial charge in [-0.2, -0.15) is 0 Å². The van der Waals surface area contributed by atoms with E-state index in [0.29, 0.717) is 19.7 Å². The van der Waals surface area contributed by atoms with E-state index in [-0.39, 0.29) is 18.4 Å². The molecule has 1 aliphatic heterocycles. The highest BCUT2D eigenvalue weighted by atomic mass is 32.1. The quantitative estimate of drug-likeness (QED) is 0.296. The number of hydrogen-bond acceptors (Lipinski definition) is 6. The lowest BCUT2D eigenvalue weighted by Crippen LogP contribution is -2.54. The van der Waals surface area contributed by atoms with Gasteiger partial charge in [0.2, 0.25) is 11.8 Å². The molecule has 1 aromatic rings. The molecule has 0 spiro atoms. The zero-order chi connectivity index (χ0) is 21.8. The van der Waals surface area contributed by atoms with Crippen LogP contribution in [0.2, 0.25) is 0 Å². The number of hydrogen-bond donors (Lipinski definition) is 2. The Morgan fingerprint density at radius 1 is 1.20 bits per heavy atom. The van der Waals surface area contributed by atoms with Crippen LogP contribution >= 0.6 is 11.3 Å². The number of carbonyl (C=O) groups excluding carboxylic acids is 2. The Kier molecular flexibility index (Phi) is 10.6. The predicted octanol–water partition coefficient (Wildman–Crippen LogP) is -0.295. The Labute approximate surface area is 183 Å². The maximum absolute atomic E-state index is 12.0. The highest BCUT2D eigenvalue weighted by molar-refractivity contribution is 7.09. The van der Waals surface area contributed by atoms with Crippen molar-refractivity contribution in [3.63, 3.8) is 0 Å². The summed E-state index contributed by atoms with van der Waals surface area (Å²) in [7, 11) is 5.08. The summed E-state index contributed by atoms with van der Waals surface area (Å²) in [6.45, 7) is 5.36. The first kappa shape index (κ1) is 24.1. The maximum Gasteiger partial charge on any atom is 0.243 e. The minimum Gasteiger partial charge on any atom is -0.383 e. The fraction of sp³-hybridized carbons (Fsp3) is 0.650. The van der Waals surface area contributed by atoms with Crippen molar-refractivity contribution in [2.75, 3.05) is 80.2 Å². The second-order valence-electron chi connectivity index (χ2n) is 7.29. The van der Waals surface area contributed by atoms with Crippen molar-refractivity contribution in [3.8, 4) is 0 Å². The van der Waals surface area contributed by atoms with Crippen molar-refractivity contribution in [2.45, 2.75) is 6.42 Å². The predicted molar refractivity (Wildman–Crippen MR) is 120 cm³/mol. The second kappa shape index (κ2) is 13.2. The summed E-state index contributed by atoms with van der Waals surface area (Å²) in [4.78, 5) is 35.7. The molecule has 0 atom stereocenters. The van der Waals surface area contributed by atoms with Crippen molar-refractivity contribution in [2.24, 2.45) is 4.99 Å². The van der Waals surface area contributed by atoms with Gasteiger partial charge in [0, 0.05) is 65.4 Å². The average molecular weight is 439 g/mol. The van der Waals surface area contributed by atoms with E-state index >= 15 is 0 Å². The summed E-state index contributed by atoms with van der Waals surface area (Å²) in [5.74, 6) is 0.741. The molecule has 168 valence electrons. The molecule has 0 saturated carbocycles. The summed E-state index contributed by atoms with van der Waals surface area (Å²) in [6, 6.07) is 4.17. The minimum atomic E-state index is -0.0288. The van der Waals surface area contributed by atoms with Crippen molar-refractivity contribution < 1.29 is 14.3 Å². The molecule has 2 heterocycles. The fourth-order valence-electron chi connectivity index (χ4n) is 2.97. The van der Waals surface area contributed by atoms with Crippen LogP contribution in [0.5, 0.6) is 0 Å². The molecule has 0 aromatic carbocycles. The number of nitrogens with one attached hydrogen (secondary N) is 2. The average Bonchev–Trinajstić information content (AvgIpc) is 3.24. The molecule has 1 aliphatic rings. The molecule has 2 N–H and O–H groups in total. The molecule has 1 fully saturated rings. The van der Waals surface area contributed by atoms with Crippen LogP contribution in [0.25, 0.3) is 0 Å². The molecule has 1 saturated heterocycles. The Balaban J connectivity index is 1.85.